The van der Waals surface area contributed by atoms with Crippen molar-refractivity contribution in [2.45, 2.75) is 171 Å². The number of unbranched alkanes of at least 4 members (excludes halogenated alkanes) is 1. The number of aliphatic hydroxyl groups excluding tert-OH is 3. The number of rotatable bonds is 53. The lowest BCUT2D eigenvalue weighted by Crippen LogP contribution is -2.60. The van der Waals surface area contributed by atoms with Crippen LogP contribution in [0.15, 0.2) is 24.3 Å². The molecule has 1 rings (SSSR count). The van der Waals surface area contributed by atoms with Crippen LogP contribution in [0.5, 0.6) is 5.75 Å². The highest BCUT2D eigenvalue weighted by Gasteiger charge is 2.37. The molecule has 45 heteroatoms. The molecule has 0 aliphatic rings. The van der Waals surface area contributed by atoms with Gasteiger partial charge in [-0.05, 0) is 86.6 Å². The van der Waals surface area contributed by atoms with Crippen LogP contribution in [-0.4, -0.2) is 274 Å². The summed E-state index contributed by atoms with van der Waals surface area (Å²) < 4.78 is 0. The number of hydrogen-bond acceptors (Lipinski definition) is 26. The number of carbonyl (C=O) groups is 19. The maximum Gasteiger partial charge on any atom is 0.305 e. The number of aliphatic carboxylic acids is 2. The Balaban J connectivity index is 3.30. The number of nitrogens with one attached hydrogen (secondary N) is 14. The lowest BCUT2D eigenvalue weighted by molar-refractivity contribution is -0.141. The van der Waals surface area contributed by atoms with E-state index in [1.54, 1.807) is 20.1 Å². The van der Waals surface area contributed by atoms with Crippen LogP contribution in [0.1, 0.15) is 97.5 Å². The highest BCUT2D eigenvalue weighted by atomic mass is 32.2. The molecule has 0 spiro atoms. The van der Waals surface area contributed by atoms with Gasteiger partial charge in [-0.25, -0.2) is 0 Å². The lowest BCUT2D eigenvalue weighted by Gasteiger charge is -2.27. The Morgan fingerprint density at radius 2 is 0.815 bits per heavy atom. The number of aromatic hydroxyl groups is 1. The van der Waals surface area contributed by atoms with Gasteiger partial charge in [-0.3, -0.25) is 91.1 Å². The fourth-order valence-corrected chi connectivity index (χ4v) is 10.0. The second-order valence-corrected chi connectivity index (χ2v) is 26.2. The molecule has 0 unspecified atom stereocenters. The number of hydrogen-bond donors (Lipinski definition) is 25. The number of carboxylic acid groups (broad SMARTS) is 2. The Morgan fingerprint density at radius 1 is 0.426 bits per heavy atom. The van der Waals surface area contributed by atoms with Gasteiger partial charge in [0.05, 0.1) is 64.8 Å². The molecule has 0 aliphatic carbocycles. The van der Waals surface area contributed by atoms with Gasteiger partial charge in [-0.15, -0.1) is 0 Å². The molecule has 0 fully saturated rings. The van der Waals surface area contributed by atoms with Crippen LogP contribution < -0.4 is 103 Å². The minimum atomic E-state index is -2.05. The van der Waals surface area contributed by atoms with Crippen molar-refractivity contribution in [2.24, 2.45) is 40.5 Å². The molecule has 0 saturated carbocycles. The third-order valence-electron chi connectivity index (χ3n) is 15.3. The van der Waals surface area contributed by atoms with E-state index in [2.05, 4.69) is 69.1 Å². The highest BCUT2D eigenvalue weighted by molar-refractivity contribution is 7.98. The molecule has 0 radical (unpaired) electrons. The van der Waals surface area contributed by atoms with Crippen molar-refractivity contribution in [2.75, 3.05) is 58.0 Å². The van der Waals surface area contributed by atoms with E-state index in [1.807, 2.05) is 5.32 Å². The zero-order valence-corrected chi connectivity index (χ0v) is 60.9. The number of carbonyl (C=O) groups excluding carboxylic acids is 17. The summed E-state index contributed by atoms with van der Waals surface area (Å²) >= 11 is 1.19. The van der Waals surface area contributed by atoms with Gasteiger partial charge >= 0.3 is 11.9 Å². The Morgan fingerprint density at radius 3 is 1.27 bits per heavy atom. The van der Waals surface area contributed by atoms with Crippen molar-refractivity contribution in [1.29, 1.82) is 0 Å². The van der Waals surface area contributed by atoms with Gasteiger partial charge in [0.15, 0.2) is 0 Å². The zero-order valence-electron chi connectivity index (χ0n) is 60.1. The maximum atomic E-state index is 14.1. The summed E-state index contributed by atoms with van der Waals surface area (Å²) in [6.07, 6.45) is -2.22. The van der Waals surface area contributed by atoms with Crippen molar-refractivity contribution in [3.05, 3.63) is 29.8 Å². The average molecular weight is 1560 g/mol. The largest absolute Gasteiger partial charge is 0.508 e. The number of phenols is 1. The number of benzene rings is 1. The van der Waals surface area contributed by atoms with Gasteiger partial charge in [0.25, 0.3) is 0 Å². The predicted molar refractivity (Wildman–Crippen MR) is 377 cm³/mol. The first-order valence-corrected chi connectivity index (χ1v) is 35.1. The number of primary amides is 3. The minimum Gasteiger partial charge on any atom is -0.508 e. The number of aliphatic hydroxyl groups is 3. The standard InChI is InChI=1S/C63H101N19O25S/c1-29(2)18-37(52(68)96)76-61(105)42(27-84)81-60(104)41(26-83)73-47(90)24-69-54(98)34(8-6-7-16-64)72-46(89)23-70-55(99)38(19-31-9-11-32(86)12-10-31)77-59(103)39(21-45(67)88)79-63(107)51(30(3)4)82-48(91)25-71-56(100)40(22-50(94)95)78-62(106)43(28-85)80-58(102)36(15-17-108-5)75-57(101)35(13-14-44(66)87)74-53(97)33(65)20-49(92)93/h9-12,29-30,33-43,51,83-86H,6-8,13-28,64-65H2,1-5H3,(H2,66,87)(H2,67,88)(H2,68,96)(H,69,98)(H,70,99)(H,71,100)(H,72,89)(H,73,90)(H,74,97)(H,75,101)(H,76,105)(H,77,103)(H,78,106)(H,79,107)(H,80,102)(H,81,104)(H,82,91)(H,92,93)(H,94,95)/t33-,34-,35-,36+,37+,38-,39-,40+,41+,42+,43+,51-/m1/s1. The molecule has 108 heavy (non-hydrogen) atoms. The molecule has 30 N–H and O–H groups in total. The van der Waals surface area contributed by atoms with E-state index >= 15 is 0 Å². The Labute approximate surface area is 623 Å². The SMILES string of the molecule is CSCC[C@H](NC(=O)[C@@H](CCC(N)=O)NC(=O)[C@H](N)CC(=O)O)C(=O)N[C@@H](CO)C(=O)N[C@@H](CC(=O)O)C(=O)NCC(=O)N[C@@H](C(=O)N[C@H](CC(N)=O)C(=O)N[C@H](Cc1ccc(O)cc1)C(=O)NCC(=O)N[C@H](CCCCN)C(=O)NCC(=O)N[C@@H](CO)C(=O)N[C@@H](CO)C(=O)N[C@@H](CC(C)C)C(N)=O)C(C)C. The number of amides is 17. The number of carboxylic acids is 2. The topological polar surface area (TPSA) is 744 Å². The fraction of sp³-hybridized carbons (Fsp3) is 0.603. The van der Waals surface area contributed by atoms with Crippen LogP contribution in [0, 0.1) is 11.8 Å². The maximum absolute atomic E-state index is 14.1. The lowest BCUT2D eigenvalue weighted by atomic mass is 10.0. The molecule has 12 atom stereocenters. The predicted octanol–water partition coefficient (Wildman–Crippen LogP) is -11.9. The molecule has 1 aromatic carbocycles. The molecule has 1 aromatic rings. The summed E-state index contributed by atoms with van der Waals surface area (Å²) in [4.78, 5) is 247. The van der Waals surface area contributed by atoms with E-state index in [0.29, 0.717) is 6.42 Å². The minimum absolute atomic E-state index is 0.0872. The first-order chi connectivity index (χ1) is 50.7. The molecular weight excluding hydrogens is 1450 g/mol. The number of thioether (sulfide) groups is 1. The van der Waals surface area contributed by atoms with Crippen LogP contribution >= 0.6 is 11.8 Å². The van der Waals surface area contributed by atoms with Crippen molar-refractivity contribution in [1.82, 2.24) is 74.4 Å². The van der Waals surface area contributed by atoms with Crippen LogP contribution in [0.3, 0.4) is 0 Å². The Bertz CT molecular complexity index is 3310. The van der Waals surface area contributed by atoms with Crippen LogP contribution in [0.4, 0.5) is 0 Å². The highest BCUT2D eigenvalue weighted by Crippen LogP contribution is 2.14. The van der Waals surface area contributed by atoms with Gasteiger partial charge in [-0.1, -0.05) is 39.8 Å². The zero-order chi connectivity index (χ0) is 82.1. The summed E-state index contributed by atoms with van der Waals surface area (Å²) in [7, 11) is 0. The monoisotopic (exact) mass is 1560 g/mol. The van der Waals surface area contributed by atoms with Crippen molar-refractivity contribution >= 4 is 124 Å². The normalized spacial score (nSPS) is 14.3. The molecule has 0 aromatic heterocycles. The molecular formula is C63H101N19O25S. The molecule has 0 heterocycles. The van der Waals surface area contributed by atoms with Crippen molar-refractivity contribution in [3.8, 4) is 5.75 Å². The molecule has 44 nitrogen and oxygen atoms in total. The van der Waals surface area contributed by atoms with Crippen LogP contribution in [0.25, 0.3) is 0 Å². The number of phenolic OH excluding ortho intramolecular Hbond substituents is 1. The van der Waals surface area contributed by atoms with E-state index < -0.39 is 269 Å². The summed E-state index contributed by atoms with van der Waals surface area (Å²) in [6.45, 7) is 0.465. The second-order valence-electron chi connectivity index (χ2n) is 25.2. The molecule has 0 saturated heterocycles. The third kappa shape index (κ3) is 37.4. The summed E-state index contributed by atoms with van der Waals surface area (Å²) in [5.74, 6) is -23.0. The first-order valence-electron chi connectivity index (χ1n) is 33.7. The average Bonchev–Trinajstić information content (AvgIpc) is 0.851. The van der Waals surface area contributed by atoms with Gasteiger partial charge in [0, 0.05) is 12.8 Å². The van der Waals surface area contributed by atoms with Crippen molar-refractivity contribution in [3.63, 3.8) is 0 Å². The molecule has 604 valence electrons. The van der Waals surface area contributed by atoms with Gasteiger partial charge in [0.2, 0.25) is 100 Å². The molecule has 0 bridgehead atoms. The van der Waals surface area contributed by atoms with E-state index in [-0.39, 0.29) is 55.2 Å². The summed E-state index contributed by atoms with van der Waals surface area (Å²) in [6, 6.07) is -14.8. The first kappa shape index (κ1) is 95.1. The van der Waals surface area contributed by atoms with Gasteiger partial charge in [0.1, 0.15) is 72.2 Å². The van der Waals surface area contributed by atoms with Crippen molar-refractivity contribution < 1.29 is 122 Å². The summed E-state index contributed by atoms with van der Waals surface area (Å²) in [5.41, 5.74) is 27.6. The molecule has 17 amide bonds. The number of nitrogens with two attached hydrogens (primary N) is 5. The second kappa shape index (κ2) is 49.8. The van der Waals surface area contributed by atoms with E-state index in [4.69, 9.17) is 33.8 Å². The van der Waals surface area contributed by atoms with Crippen LogP contribution in [0.2, 0.25) is 0 Å². The summed E-state index contributed by atoms with van der Waals surface area (Å²) in [5, 5.41) is 89.9. The Hall–Kier alpha value is -10.9. The van der Waals surface area contributed by atoms with E-state index in [9.17, 15) is 117 Å². The van der Waals surface area contributed by atoms with E-state index in [0.717, 1.165) is 0 Å². The van der Waals surface area contributed by atoms with Crippen LogP contribution in [-0.2, 0) is 97.5 Å². The van der Waals surface area contributed by atoms with Gasteiger partial charge < -0.3 is 134 Å². The molecule has 0 aliphatic heterocycles. The quantitative estimate of drug-likeness (QED) is 0.0269. The van der Waals surface area contributed by atoms with Gasteiger partial charge in [-0.2, -0.15) is 11.8 Å². The van der Waals surface area contributed by atoms with E-state index in [1.165, 1.54) is 49.9 Å². The third-order valence-corrected chi connectivity index (χ3v) is 16.0. The Kier molecular flexibility index (Phi) is 43.9. The fourth-order valence-electron chi connectivity index (χ4n) is 9.57. The smallest absolute Gasteiger partial charge is 0.305 e.